The van der Waals surface area contributed by atoms with Gasteiger partial charge in [0.15, 0.2) is 5.82 Å². The van der Waals surface area contributed by atoms with Gasteiger partial charge in [-0.2, -0.15) is 5.10 Å². The second-order valence-electron chi connectivity index (χ2n) is 6.45. The predicted octanol–water partition coefficient (Wildman–Crippen LogP) is 2.42. The summed E-state index contributed by atoms with van der Waals surface area (Å²) in [7, 11) is 1.66. The number of amides is 1. The molecule has 0 radical (unpaired) electrons. The summed E-state index contributed by atoms with van der Waals surface area (Å²) in [6, 6.07) is 7.93. The average molecular weight is 363 g/mol. The number of hydrogen-bond acceptors (Lipinski definition) is 5. The Morgan fingerprint density at radius 3 is 2.93 bits per heavy atom. The molecule has 1 N–H and O–H groups in total. The molecule has 0 unspecified atom stereocenters. The van der Waals surface area contributed by atoms with Crippen molar-refractivity contribution >= 4 is 17.2 Å². The van der Waals surface area contributed by atoms with Gasteiger partial charge in [-0.15, -0.1) is 0 Å². The molecule has 27 heavy (non-hydrogen) atoms. The number of benzene rings is 1. The molecule has 3 heterocycles. The van der Waals surface area contributed by atoms with E-state index < -0.39 is 0 Å². The third kappa shape index (κ3) is 3.23. The third-order valence-corrected chi connectivity index (χ3v) is 4.87. The summed E-state index contributed by atoms with van der Waals surface area (Å²) in [4.78, 5) is 18.2. The van der Waals surface area contributed by atoms with E-state index in [-0.39, 0.29) is 5.91 Å². The molecule has 0 bridgehead atoms. The number of rotatable bonds is 5. The molecule has 1 amide bonds. The standard InChI is InChI=1S/C20H21N5O2/c1-3-18(26)24-9-8-17-15(11-24)12-25-19(17)20(22-13-23-25)21-10-14-4-6-16(27-2)7-5-14/h3-7,12-13H,1,8-11H2,2H3,(H,21,22,23). The van der Waals surface area contributed by atoms with Crippen molar-refractivity contribution in [2.24, 2.45) is 0 Å². The van der Waals surface area contributed by atoms with E-state index in [0.717, 1.165) is 34.6 Å². The molecule has 1 aliphatic rings. The van der Waals surface area contributed by atoms with Gasteiger partial charge in [0, 0.05) is 25.8 Å². The lowest BCUT2D eigenvalue weighted by atomic mass is 10.0. The molecule has 0 fully saturated rings. The lowest BCUT2D eigenvalue weighted by molar-refractivity contribution is -0.126. The number of hydrogen-bond donors (Lipinski definition) is 1. The highest BCUT2D eigenvalue weighted by Gasteiger charge is 2.24. The molecule has 0 aliphatic carbocycles. The zero-order chi connectivity index (χ0) is 18.8. The molecule has 4 rings (SSSR count). The first-order chi connectivity index (χ1) is 13.2. The van der Waals surface area contributed by atoms with Crippen molar-refractivity contribution < 1.29 is 9.53 Å². The molecule has 0 saturated carbocycles. The summed E-state index contributed by atoms with van der Waals surface area (Å²) in [5.41, 5.74) is 4.41. The van der Waals surface area contributed by atoms with Crippen molar-refractivity contribution in [3.05, 3.63) is 66.1 Å². The Morgan fingerprint density at radius 1 is 1.37 bits per heavy atom. The lowest BCUT2D eigenvalue weighted by Crippen LogP contribution is -2.34. The highest BCUT2D eigenvalue weighted by Crippen LogP contribution is 2.28. The first-order valence-corrected chi connectivity index (χ1v) is 8.82. The van der Waals surface area contributed by atoms with Gasteiger partial charge in [-0.05, 0) is 41.3 Å². The molecule has 0 atom stereocenters. The molecule has 7 heteroatoms. The smallest absolute Gasteiger partial charge is 0.246 e. The van der Waals surface area contributed by atoms with Gasteiger partial charge in [-0.1, -0.05) is 18.7 Å². The van der Waals surface area contributed by atoms with Crippen LogP contribution in [0.4, 0.5) is 5.82 Å². The fraction of sp³-hybridized carbons (Fsp3) is 0.250. The lowest BCUT2D eigenvalue weighted by Gasteiger charge is -2.26. The van der Waals surface area contributed by atoms with E-state index in [2.05, 4.69) is 22.0 Å². The quantitative estimate of drug-likeness (QED) is 0.705. The van der Waals surface area contributed by atoms with E-state index in [4.69, 9.17) is 4.74 Å². The summed E-state index contributed by atoms with van der Waals surface area (Å²) in [5.74, 6) is 1.59. The zero-order valence-corrected chi connectivity index (χ0v) is 15.2. The van der Waals surface area contributed by atoms with Crippen LogP contribution in [0.5, 0.6) is 5.75 Å². The molecule has 1 aromatic carbocycles. The number of aromatic nitrogens is 3. The average Bonchev–Trinajstić information content (AvgIpc) is 3.10. The summed E-state index contributed by atoms with van der Waals surface area (Å²) in [6.07, 6.45) is 5.66. The van der Waals surface area contributed by atoms with Gasteiger partial charge in [-0.25, -0.2) is 9.50 Å². The normalized spacial score (nSPS) is 13.3. The van der Waals surface area contributed by atoms with Crippen LogP contribution in [0.2, 0.25) is 0 Å². The van der Waals surface area contributed by atoms with Gasteiger partial charge >= 0.3 is 0 Å². The van der Waals surface area contributed by atoms with E-state index in [1.807, 2.05) is 35.0 Å². The first-order valence-electron chi connectivity index (χ1n) is 8.82. The van der Waals surface area contributed by atoms with E-state index in [1.54, 1.807) is 18.3 Å². The van der Waals surface area contributed by atoms with Gasteiger partial charge in [-0.3, -0.25) is 4.79 Å². The van der Waals surface area contributed by atoms with Gasteiger partial charge < -0.3 is 15.0 Å². The van der Waals surface area contributed by atoms with Crippen molar-refractivity contribution in [1.82, 2.24) is 19.5 Å². The number of carbonyl (C=O) groups excluding carboxylic acids is 1. The molecular formula is C20H21N5O2. The van der Waals surface area contributed by atoms with E-state index >= 15 is 0 Å². The van der Waals surface area contributed by atoms with Crippen LogP contribution < -0.4 is 10.1 Å². The van der Waals surface area contributed by atoms with E-state index in [0.29, 0.717) is 19.6 Å². The van der Waals surface area contributed by atoms with Crippen LogP contribution in [0.25, 0.3) is 5.52 Å². The Morgan fingerprint density at radius 2 is 2.19 bits per heavy atom. The largest absolute Gasteiger partial charge is 0.497 e. The van der Waals surface area contributed by atoms with Crippen LogP contribution in [0.3, 0.4) is 0 Å². The number of methoxy groups -OCH3 is 1. The number of nitrogens with zero attached hydrogens (tertiary/aromatic N) is 4. The first kappa shape index (κ1) is 17.1. The summed E-state index contributed by atoms with van der Waals surface area (Å²) in [5, 5.41) is 7.75. The number of fused-ring (bicyclic) bond motifs is 3. The molecule has 1 aliphatic heterocycles. The predicted molar refractivity (Wildman–Crippen MR) is 103 cm³/mol. The number of anilines is 1. The van der Waals surface area contributed by atoms with Crippen LogP contribution >= 0.6 is 0 Å². The van der Waals surface area contributed by atoms with Crippen molar-refractivity contribution in [3.8, 4) is 5.75 Å². The van der Waals surface area contributed by atoms with Crippen molar-refractivity contribution in [2.75, 3.05) is 19.0 Å². The van der Waals surface area contributed by atoms with Crippen molar-refractivity contribution in [2.45, 2.75) is 19.5 Å². The maximum Gasteiger partial charge on any atom is 0.246 e. The van der Waals surface area contributed by atoms with Crippen molar-refractivity contribution in [1.29, 1.82) is 0 Å². The maximum absolute atomic E-state index is 11.9. The van der Waals surface area contributed by atoms with Crippen molar-refractivity contribution in [3.63, 3.8) is 0 Å². The minimum absolute atomic E-state index is 0.0418. The van der Waals surface area contributed by atoms with Crippen LogP contribution in [0.15, 0.2) is 49.4 Å². The van der Waals surface area contributed by atoms with E-state index in [1.165, 1.54) is 11.6 Å². The molecular weight excluding hydrogens is 342 g/mol. The zero-order valence-electron chi connectivity index (χ0n) is 15.2. The Hall–Kier alpha value is -3.35. The molecule has 0 saturated heterocycles. The number of carbonyl (C=O) groups is 1. The Balaban J connectivity index is 1.59. The van der Waals surface area contributed by atoms with Crippen LogP contribution in [-0.4, -0.2) is 39.1 Å². The minimum Gasteiger partial charge on any atom is -0.497 e. The number of ether oxygens (including phenoxy) is 1. The summed E-state index contributed by atoms with van der Waals surface area (Å²) in [6.45, 7) is 5.47. The molecule has 2 aromatic heterocycles. The second kappa shape index (κ2) is 7.11. The fourth-order valence-corrected chi connectivity index (χ4v) is 3.45. The fourth-order valence-electron chi connectivity index (χ4n) is 3.45. The summed E-state index contributed by atoms with van der Waals surface area (Å²) >= 11 is 0. The third-order valence-electron chi connectivity index (χ3n) is 4.87. The number of nitrogens with one attached hydrogen (secondary N) is 1. The Labute approximate surface area is 157 Å². The highest BCUT2D eigenvalue weighted by atomic mass is 16.5. The molecule has 7 nitrogen and oxygen atoms in total. The molecule has 138 valence electrons. The van der Waals surface area contributed by atoms with Gasteiger partial charge in [0.05, 0.1) is 7.11 Å². The van der Waals surface area contributed by atoms with Crippen LogP contribution in [-0.2, 0) is 24.3 Å². The highest BCUT2D eigenvalue weighted by molar-refractivity contribution is 5.87. The SMILES string of the molecule is C=CC(=O)N1CCc2c(cn3ncnc(NCc4ccc(OC)cc4)c23)C1. The van der Waals surface area contributed by atoms with Crippen LogP contribution in [0.1, 0.15) is 16.7 Å². The molecule has 3 aromatic rings. The topological polar surface area (TPSA) is 71.8 Å². The van der Waals surface area contributed by atoms with E-state index in [9.17, 15) is 4.79 Å². The minimum atomic E-state index is -0.0418. The maximum atomic E-state index is 11.9. The Bertz CT molecular complexity index is 994. The monoisotopic (exact) mass is 363 g/mol. The van der Waals surface area contributed by atoms with Gasteiger partial charge in [0.1, 0.15) is 17.6 Å². The summed E-state index contributed by atoms with van der Waals surface area (Å²) < 4.78 is 7.04. The van der Waals surface area contributed by atoms with Gasteiger partial charge in [0.2, 0.25) is 5.91 Å². The second-order valence-corrected chi connectivity index (χ2v) is 6.45. The van der Waals surface area contributed by atoms with Crippen LogP contribution in [0, 0.1) is 0 Å². The Kier molecular flexibility index (Phi) is 4.50. The molecule has 0 spiro atoms. The van der Waals surface area contributed by atoms with Gasteiger partial charge in [0.25, 0.3) is 0 Å².